The molecule has 1 aromatic rings. The average molecular weight is 387 g/mol. The standard InChI is InChI=1S/C16H23BrN2O2S/c1-16(2,3)21-15(20)18-13-7-9-19(10-8-13)22-14-6-4-5-12(17)11-14/h4-6,11,13H,7-10H2,1-3H3,(H,18,20). The molecule has 0 unspecified atom stereocenters. The Morgan fingerprint density at radius 3 is 2.64 bits per heavy atom. The Morgan fingerprint density at radius 2 is 2.05 bits per heavy atom. The molecule has 22 heavy (non-hydrogen) atoms. The first-order valence-electron chi connectivity index (χ1n) is 7.50. The van der Waals surface area contributed by atoms with Crippen molar-refractivity contribution in [3.05, 3.63) is 28.7 Å². The predicted molar refractivity (Wildman–Crippen MR) is 94.0 cm³/mol. The number of ether oxygens (including phenoxy) is 1. The molecule has 1 heterocycles. The number of carbonyl (C=O) groups is 1. The van der Waals surface area contributed by atoms with Gasteiger partial charge in [-0.15, -0.1) is 0 Å². The Balaban J connectivity index is 1.75. The first-order chi connectivity index (χ1) is 10.3. The minimum absolute atomic E-state index is 0.203. The highest BCUT2D eigenvalue weighted by Gasteiger charge is 2.24. The third-order valence-corrected chi connectivity index (χ3v) is 4.79. The lowest BCUT2D eigenvalue weighted by atomic mass is 10.1. The zero-order valence-electron chi connectivity index (χ0n) is 13.3. The van der Waals surface area contributed by atoms with Crippen LogP contribution in [-0.2, 0) is 4.74 Å². The molecule has 4 nitrogen and oxygen atoms in total. The lowest BCUT2D eigenvalue weighted by Crippen LogP contribution is -2.44. The number of hydrogen-bond donors (Lipinski definition) is 1. The summed E-state index contributed by atoms with van der Waals surface area (Å²) in [5, 5.41) is 2.96. The van der Waals surface area contributed by atoms with Gasteiger partial charge >= 0.3 is 6.09 Å². The highest BCUT2D eigenvalue weighted by atomic mass is 79.9. The number of benzene rings is 1. The van der Waals surface area contributed by atoms with Crippen molar-refractivity contribution in [2.24, 2.45) is 0 Å². The summed E-state index contributed by atoms with van der Waals surface area (Å²) in [7, 11) is 0. The molecule has 0 aliphatic carbocycles. The van der Waals surface area contributed by atoms with Crippen molar-refractivity contribution in [1.82, 2.24) is 9.62 Å². The molecular weight excluding hydrogens is 364 g/mol. The fourth-order valence-electron chi connectivity index (χ4n) is 2.24. The quantitative estimate of drug-likeness (QED) is 0.779. The Morgan fingerprint density at radius 1 is 1.36 bits per heavy atom. The van der Waals surface area contributed by atoms with E-state index in [0.717, 1.165) is 30.4 Å². The number of amides is 1. The van der Waals surface area contributed by atoms with Crippen LogP contribution in [-0.4, -0.2) is 35.1 Å². The van der Waals surface area contributed by atoms with Gasteiger partial charge in [-0.05, 0) is 63.8 Å². The lowest BCUT2D eigenvalue weighted by molar-refractivity contribution is 0.0490. The van der Waals surface area contributed by atoms with Gasteiger partial charge in [-0.1, -0.05) is 22.0 Å². The lowest BCUT2D eigenvalue weighted by Gasteiger charge is -2.32. The van der Waals surface area contributed by atoms with Crippen LogP contribution in [0.4, 0.5) is 4.79 Å². The molecule has 6 heteroatoms. The Hall–Kier alpha value is -0.720. The third kappa shape index (κ3) is 6.18. The molecule has 2 rings (SSSR count). The van der Waals surface area contributed by atoms with Crippen LogP contribution in [0.1, 0.15) is 33.6 Å². The van der Waals surface area contributed by atoms with Crippen molar-refractivity contribution < 1.29 is 9.53 Å². The molecule has 1 aromatic carbocycles. The molecule has 0 spiro atoms. The maximum atomic E-state index is 11.8. The average Bonchev–Trinajstić information content (AvgIpc) is 2.39. The topological polar surface area (TPSA) is 41.6 Å². The van der Waals surface area contributed by atoms with Crippen molar-refractivity contribution in [1.29, 1.82) is 0 Å². The van der Waals surface area contributed by atoms with Crippen LogP contribution in [0, 0.1) is 0 Å². The summed E-state index contributed by atoms with van der Waals surface area (Å²) in [4.78, 5) is 13.0. The summed E-state index contributed by atoms with van der Waals surface area (Å²) in [6.07, 6.45) is 1.58. The molecule has 0 aromatic heterocycles. The predicted octanol–water partition coefficient (Wildman–Crippen LogP) is 4.45. The maximum absolute atomic E-state index is 11.8. The number of halogens is 1. The molecule has 1 fully saturated rings. The molecule has 1 amide bonds. The Bertz CT molecular complexity index is 511. The second-order valence-electron chi connectivity index (χ2n) is 6.40. The number of rotatable bonds is 3. The van der Waals surface area contributed by atoms with Crippen LogP contribution in [0.15, 0.2) is 33.6 Å². The second-order valence-corrected chi connectivity index (χ2v) is 8.48. The Kier molecular flexibility index (Phi) is 6.17. The number of carbonyl (C=O) groups excluding carboxylic acids is 1. The van der Waals surface area contributed by atoms with Crippen LogP contribution in [0.25, 0.3) is 0 Å². The number of piperidine rings is 1. The van der Waals surface area contributed by atoms with E-state index in [-0.39, 0.29) is 12.1 Å². The summed E-state index contributed by atoms with van der Waals surface area (Å²) >= 11 is 5.26. The van der Waals surface area contributed by atoms with Gasteiger partial charge in [-0.25, -0.2) is 9.10 Å². The fourth-order valence-corrected chi connectivity index (χ4v) is 3.80. The molecule has 1 saturated heterocycles. The molecule has 122 valence electrons. The molecule has 0 atom stereocenters. The van der Waals surface area contributed by atoms with E-state index in [0.29, 0.717) is 0 Å². The van der Waals surface area contributed by atoms with Gasteiger partial charge in [0, 0.05) is 28.5 Å². The van der Waals surface area contributed by atoms with Crippen LogP contribution >= 0.6 is 27.9 Å². The Labute approximate surface area is 145 Å². The van der Waals surface area contributed by atoms with E-state index in [1.807, 2.05) is 32.9 Å². The van der Waals surface area contributed by atoms with Gasteiger partial charge in [0.2, 0.25) is 0 Å². The van der Waals surface area contributed by atoms with Crippen LogP contribution in [0.2, 0.25) is 0 Å². The molecule has 0 saturated carbocycles. The van der Waals surface area contributed by atoms with Crippen LogP contribution in [0.3, 0.4) is 0 Å². The molecule has 1 aliphatic heterocycles. The minimum atomic E-state index is -0.443. The minimum Gasteiger partial charge on any atom is -0.444 e. The van der Waals surface area contributed by atoms with E-state index in [9.17, 15) is 4.79 Å². The van der Waals surface area contributed by atoms with E-state index in [2.05, 4.69) is 37.7 Å². The number of nitrogens with one attached hydrogen (secondary N) is 1. The molecule has 1 N–H and O–H groups in total. The highest BCUT2D eigenvalue weighted by molar-refractivity contribution is 9.10. The van der Waals surface area contributed by atoms with Gasteiger partial charge in [0.25, 0.3) is 0 Å². The molecular formula is C16H23BrN2O2S. The summed E-state index contributed by atoms with van der Waals surface area (Å²) in [6, 6.07) is 8.51. The van der Waals surface area contributed by atoms with Gasteiger partial charge in [0.1, 0.15) is 5.60 Å². The van der Waals surface area contributed by atoms with E-state index < -0.39 is 5.60 Å². The van der Waals surface area contributed by atoms with E-state index in [1.165, 1.54) is 4.90 Å². The molecule has 1 aliphatic rings. The van der Waals surface area contributed by atoms with Crippen molar-refractivity contribution in [3.8, 4) is 0 Å². The van der Waals surface area contributed by atoms with Crippen LogP contribution in [0.5, 0.6) is 0 Å². The monoisotopic (exact) mass is 386 g/mol. The van der Waals surface area contributed by atoms with Crippen molar-refractivity contribution in [2.75, 3.05) is 13.1 Å². The molecule has 0 radical (unpaired) electrons. The fraction of sp³-hybridized carbons (Fsp3) is 0.562. The first kappa shape index (κ1) is 17.6. The van der Waals surface area contributed by atoms with Crippen molar-refractivity contribution >= 4 is 34.0 Å². The summed E-state index contributed by atoms with van der Waals surface area (Å²) in [6.45, 7) is 7.55. The van der Waals surface area contributed by atoms with Gasteiger partial charge in [-0.3, -0.25) is 0 Å². The summed E-state index contributed by atoms with van der Waals surface area (Å²) < 4.78 is 8.74. The SMILES string of the molecule is CC(C)(C)OC(=O)NC1CCN(Sc2cccc(Br)c2)CC1. The highest BCUT2D eigenvalue weighted by Crippen LogP contribution is 2.28. The number of hydrogen-bond acceptors (Lipinski definition) is 4. The van der Waals surface area contributed by atoms with Gasteiger partial charge in [0.15, 0.2) is 0 Å². The van der Waals surface area contributed by atoms with Crippen molar-refractivity contribution in [3.63, 3.8) is 0 Å². The largest absolute Gasteiger partial charge is 0.444 e. The smallest absolute Gasteiger partial charge is 0.407 e. The first-order valence-corrected chi connectivity index (χ1v) is 9.06. The van der Waals surface area contributed by atoms with Gasteiger partial charge < -0.3 is 10.1 Å². The summed E-state index contributed by atoms with van der Waals surface area (Å²) in [5.41, 5.74) is -0.443. The normalized spacial score (nSPS) is 17.3. The van der Waals surface area contributed by atoms with Crippen molar-refractivity contribution in [2.45, 2.75) is 50.2 Å². The van der Waals surface area contributed by atoms with Gasteiger partial charge in [0.05, 0.1) is 0 Å². The van der Waals surface area contributed by atoms with Crippen LogP contribution < -0.4 is 5.32 Å². The summed E-state index contributed by atoms with van der Waals surface area (Å²) in [5.74, 6) is 0. The third-order valence-electron chi connectivity index (χ3n) is 3.21. The van der Waals surface area contributed by atoms with E-state index in [1.54, 1.807) is 11.9 Å². The van der Waals surface area contributed by atoms with Gasteiger partial charge in [-0.2, -0.15) is 0 Å². The molecule has 0 bridgehead atoms. The number of alkyl carbamates (subject to hydrolysis) is 1. The number of nitrogens with zero attached hydrogens (tertiary/aromatic N) is 1. The van der Waals surface area contributed by atoms with E-state index >= 15 is 0 Å². The second kappa shape index (κ2) is 7.70. The van der Waals surface area contributed by atoms with E-state index in [4.69, 9.17) is 4.74 Å². The zero-order chi connectivity index (χ0) is 16.2. The zero-order valence-corrected chi connectivity index (χ0v) is 15.7. The maximum Gasteiger partial charge on any atom is 0.407 e.